The average molecular weight is 360 g/mol. The summed E-state index contributed by atoms with van der Waals surface area (Å²) in [5.74, 6) is -0.00522. The summed E-state index contributed by atoms with van der Waals surface area (Å²) in [5, 5.41) is 12.1. The molecule has 0 saturated heterocycles. The van der Waals surface area contributed by atoms with E-state index in [1.807, 2.05) is 28.8 Å². The molecule has 6 nitrogen and oxygen atoms in total. The molecule has 0 amide bonds. The van der Waals surface area contributed by atoms with Gasteiger partial charge in [-0.2, -0.15) is 0 Å². The number of imidazole rings is 1. The van der Waals surface area contributed by atoms with Crippen LogP contribution in [0.15, 0.2) is 30.6 Å². The molecular formula is C15H19Cl2N3O3. The molecular weight excluding hydrogens is 341 g/mol. The largest absolute Gasteiger partial charge is 0.496 e. The average Bonchev–Trinajstić information content (AvgIpc) is 2.90. The van der Waals surface area contributed by atoms with Gasteiger partial charge in [0.05, 0.1) is 25.7 Å². The van der Waals surface area contributed by atoms with Gasteiger partial charge >= 0.3 is 5.97 Å². The standard InChI is InChI=1S/C15H17N3O3.2ClH/c1-21-14-5-3-2-4-10(14)8-18-9-17-12-7-16-11(15(19)20)6-13(12)18;;/h2-5,9,11,16H,6-8H2,1H3,(H,19,20);2*1H. The molecule has 1 unspecified atom stereocenters. The van der Waals surface area contributed by atoms with Crippen LogP contribution in [-0.2, 0) is 24.3 Å². The van der Waals surface area contributed by atoms with Crippen LogP contribution in [-0.4, -0.2) is 33.8 Å². The van der Waals surface area contributed by atoms with Crippen molar-refractivity contribution >= 4 is 30.8 Å². The second-order valence-electron chi connectivity index (χ2n) is 5.05. The van der Waals surface area contributed by atoms with Gasteiger partial charge in [0, 0.05) is 24.2 Å². The number of carboxylic acid groups (broad SMARTS) is 1. The maximum Gasteiger partial charge on any atom is 0.321 e. The molecule has 23 heavy (non-hydrogen) atoms. The fraction of sp³-hybridized carbons (Fsp3) is 0.333. The van der Waals surface area contributed by atoms with E-state index >= 15 is 0 Å². The highest BCUT2D eigenvalue weighted by molar-refractivity contribution is 5.85. The highest BCUT2D eigenvalue weighted by Gasteiger charge is 2.27. The van der Waals surface area contributed by atoms with Crippen LogP contribution in [0.5, 0.6) is 5.75 Å². The number of carbonyl (C=O) groups is 1. The smallest absolute Gasteiger partial charge is 0.321 e. The van der Waals surface area contributed by atoms with E-state index in [9.17, 15) is 4.79 Å². The summed E-state index contributed by atoms with van der Waals surface area (Å²) in [6.07, 6.45) is 2.21. The summed E-state index contributed by atoms with van der Waals surface area (Å²) in [7, 11) is 1.65. The number of carboxylic acids is 1. The molecule has 0 spiro atoms. The Kier molecular flexibility index (Phi) is 6.87. The van der Waals surface area contributed by atoms with Crippen molar-refractivity contribution in [2.24, 2.45) is 0 Å². The van der Waals surface area contributed by atoms with Gasteiger partial charge in [-0.05, 0) is 6.07 Å². The zero-order valence-electron chi connectivity index (χ0n) is 12.6. The predicted molar refractivity (Wildman–Crippen MR) is 90.8 cm³/mol. The number of ether oxygens (including phenoxy) is 1. The van der Waals surface area contributed by atoms with Crippen LogP contribution >= 0.6 is 24.8 Å². The van der Waals surface area contributed by atoms with Crippen molar-refractivity contribution in [2.75, 3.05) is 7.11 Å². The van der Waals surface area contributed by atoms with Crippen molar-refractivity contribution in [3.8, 4) is 5.75 Å². The molecule has 0 saturated carbocycles. The first-order valence-corrected chi connectivity index (χ1v) is 6.80. The molecule has 1 aliphatic heterocycles. The van der Waals surface area contributed by atoms with Gasteiger partial charge in [0.1, 0.15) is 11.8 Å². The van der Waals surface area contributed by atoms with Crippen LogP contribution in [0.4, 0.5) is 0 Å². The van der Waals surface area contributed by atoms with Crippen molar-refractivity contribution < 1.29 is 14.6 Å². The summed E-state index contributed by atoms with van der Waals surface area (Å²) in [6, 6.07) is 7.26. The van der Waals surface area contributed by atoms with Gasteiger partial charge in [0.2, 0.25) is 0 Å². The third kappa shape index (κ3) is 3.96. The highest BCUT2D eigenvalue weighted by atomic mass is 35.5. The monoisotopic (exact) mass is 359 g/mol. The zero-order chi connectivity index (χ0) is 14.8. The van der Waals surface area contributed by atoms with Gasteiger partial charge in [-0.25, -0.2) is 4.98 Å². The van der Waals surface area contributed by atoms with Crippen LogP contribution < -0.4 is 10.1 Å². The normalized spacial score (nSPS) is 15.8. The van der Waals surface area contributed by atoms with Gasteiger partial charge in [-0.15, -0.1) is 24.8 Å². The molecule has 2 aromatic rings. The van der Waals surface area contributed by atoms with Gasteiger partial charge in [0.25, 0.3) is 0 Å². The molecule has 2 heterocycles. The number of para-hydroxylation sites is 1. The van der Waals surface area contributed by atoms with Crippen LogP contribution in [0.3, 0.4) is 0 Å². The van der Waals surface area contributed by atoms with Crippen LogP contribution in [0.25, 0.3) is 0 Å². The number of hydrogen-bond acceptors (Lipinski definition) is 4. The van der Waals surface area contributed by atoms with E-state index in [1.165, 1.54) is 0 Å². The number of nitrogens with zero attached hydrogens (tertiary/aromatic N) is 2. The summed E-state index contributed by atoms with van der Waals surface area (Å²) >= 11 is 0. The lowest BCUT2D eigenvalue weighted by Gasteiger charge is -2.21. The van der Waals surface area contributed by atoms with Gasteiger partial charge in [0.15, 0.2) is 0 Å². The summed E-state index contributed by atoms with van der Waals surface area (Å²) in [5.41, 5.74) is 2.94. The van der Waals surface area contributed by atoms with E-state index in [1.54, 1.807) is 13.4 Å². The molecule has 0 aliphatic carbocycles. The number of benzene rings is 1. The lowest BCUT2D eigenvalue weighted by Crippen LogP contribution is -2.42. The first-order valence-electron chi connectivity index (χ1n) is 6.80. The fourth-order valence-corrected chi connectivity index (χ4v) is 2.65. The molecule has 126 valence electrons. The Labute approximate surface area is 146 Å². The van der Waals surface area contributed by atoms with Crippen molar-refractivity contribution in [2.45, 2.75) is 25.6 Å². The minimum Gasteiger partial charge on any atom is -0.496 e. The van der Waals surface area contributed by atoms with E-state index < -0.39 is 12.0 Å². The van der Waals surface area contributed by atoms with E-state index in [0.29, 0.717) is 19.5 Å². The van der Waals surface area contributed by atoms with E-state index in [4.69, 9.17) is 9.84 Å². The second-order valence-corrected chi connectivity index (χ2v) is 5.05. The third-order valence-electron chi connectivity index (χ3n) is 3.78. The van der Waals surface area contributed by atoms with Gasteiger partial charge in [-0.3, -0.25) is 10.1 Å². The van der Waals surface area contributed by atoms with E-state index in [0.717, 1.165) is 22.7 Å². The van der Waals surface area contributed by atoms with Crippen molar-refractivity contribution in [1.82, 2.24) is 14.9 Å². The van der Waals surface area contributed by atoms with E-state index in [2.05, 4.69) is 10.3 Å². The van der Waals surface area contributed by atoms with Crippen molar-refractivity contribution in [3.63, 3.8) is 0 Å². The quantitative estimate of drug-likeness (QED) is 0.871. The Hall–Kier alpha value is -1.76. The number of fused-ring (bicyclic) bond motifs is 1. The lowest BCUT2D eigenvalue weighted by atomic mass is 10.1. The minimum absolute atomic E-state index is 0. The van der Waals surface area contributed by atoms with Crippen LogP contribution in [0, 0.1) is 0 Å². The topological polar surface area (TPSA) is 76.4 Å². The van der Waals surface area contributed by atoms with Crippen molar-refractivity contribution in [3.05, 3.63) is 47.5 Å². The first kappa shape index (κ1) is 19.3. The molecule has 2 N–H and O–H groups in total. The summed E-state index contributed by atoms with van der Waals surface area (Å²) in [6.45, 7) is 1.11. The number of aliphatic carboxylic acids is 1. The number of halogens is 2. The molecule has 1 atom stereocenters. The van der Waals surface area contributed by atoms with Crippen LogP contribution in [0.2, 0.25) is 0 Å². The molecule has 0 fully saturated rings. The number of hydrogen-bond donors (Lipinski definition) is 2. The maximum absolute atomic E-state index is 11.1. The molecule has 1 aliphatic rings. The minimum atomic E-state index is -0.828. The summed E-state index contributed by atoms with van der Waals surface area (Å²) in [4.78, 5) is 15.5. The second kappa shape index (κ2) is 8.19. The zero-order valence-corrected chi connectivity index (χ0v) is 14.2. The lowest BCUT2D eigenvalue weighted by molar-refractivity contribution is -0.139. The first-order chi connectivity index (χ1) is 10.2. The maximum atomic E-state index is 11.1. The third-order valence-corrected chi connectivity index (χ3v) is 3.78. The Morgan fingerprint density at radius 1 is 1.43 bits per heavy atom. The Balaban J connectivity index is 0.00000132. The SMILES string of the molecule is COc1ccccc1Cn1cnc2c1CC(C(=O)O)NC2.Cl.Cl. The molecule has 1 aromatic carbocycles. The number of nitrogens with one attached hydrogen (secondary N) is 1. The van der Waals surface area contributed by atoms with E-state index in [-0.39, 0.29) is 24.8 Å². The highest BCUT2D eigenvalue weighted by Crippen LogP contribution is 2.22. The fourth-order valence-electron chi connectivity index (χ4n) is 2.65. The Morgan fingerprint density at radius 3 is 2.87 bits per heavy atom. The van der Waals surface area contributed by atoms with Crippen molar-refractivity contribution in [1.29, 1.82) is 0 Å². The van der Waals surface area contributed by atoms with Gasteiger partial charge in [-0.1, -0.05) is 18.2 Å². The molecule has 3 rings (SSSR count). The molecule has 8 heteroatoms. The Morgan fingerprint density at radius 2 is 2.17 bits per heavy atom. The number of rotatable bonds is 4. The number of aromatic nitrogens is 2. The van der Waals surface area contributed by atoms with Gasteiger partial charge < -0.3 is 14.4 Å². The molecule has 1 aromatic heterocycles. The molecule has 0 radical (unpaired) electrons. The van der Waals surface area contributed by atoms with Crippen LogP contribution in [0.1, 0.15) is 17.0 Å². The number of methoxy groups -OCH3 is 1. The Bertz CT molecular complexity index is 676. The summed E-state index contributed by atoms with van der Waals surface area (Å²) < 4.78 is 7.36. The predicted octanol–water partition coefficient (Wildman–Crippen LogP) is 1.88. The molecule has 0 bridgehead atoms.